The number of carboxylic acids is 1. The molecule has 2 rings (SSSR count). The number of hydrogen-bond donors (Lipinski definition) is 2. The van der Waals surface area contributed by atoms with Crippen molar-refractivity contribution in [3.63, 3.8) is 0 Å². The highest BCUT2D eigenvalue weighted by molar-refractivity contribution is 6.31. The molecule has 8 heteroatoms. The molecule has 0 saturated carbocycles. The predicted octanol–water partition coefficient (Wildman–Crippen LogP) is 0.957. The summed E-state index contributed by atoms with van der Waals surface area (Å²) in [6.45, 7) is 1.78. The van der Waals surface area contributed by atoms with Gasteiger partial charge in [-0.1, -0.05) is 0 Å². The minimum atomic E-state index is -1.56. The van der Waals surface area contributed by atoms with Gasteiger partial charge >= 0.3 is 11.9 Å². The van der Waals surface area contributed by atoms with Gasteiger partial charge in [0.05, 0.1) is 11.5 Å². The van der Waals surface area contributed by atoms with E-state index in [2.05, 4.69) is 5.32 Å². The first kappa shape index (κ1) is 16.4. The second kappa shape index (κ2) is 6.44. The van der Waals surface area contributed by atoms with Crippen LogP contribution in [-0.2, 0) is 14.4 Å². The van der Waals surface area contributed by atoms with Crippen molar-refractivity contribution in [1.82, 2.24) is 4.90 Å². The molecule has 1 aromatic carbocycles. The van der Waals surface area contributed by atoms with E-state index in [1.54, 1.807) is 13.0 Å². The highest BCUT2D eigenvalue weighted by Gasteiger charge is 2.40. The molecule has 2 atom stereocenters. The predicted molar refractivity (Wildman–Crippen MR) is 76.7 cm³/mol. The van der Waals surface area contributed by atoms with E-state index in [9.17, 15) is 18.8 Å². The van der Waals surface area contributed by atoms with Crippen molar-refractivity contribution in [2.24, 2.45) is 5.92 Å². The maximum absolute atomic E-state index is 13.3. The van der Waals surface area contributed by atoms with Gasteiger partial charge in [0.2, 0.25) is 5.91 Å². The van der Waals surface area contributed by atoms with Gasteiger partial charge in [0.15, 0.2) is 0 Å². The first-order chi connectivity index (χ1) is 10.8. The van der Waals surface area contributed by atoms with E-state index in [-0.39, 0.29) is 17.8 Å². The number of anilines is 1. The van der Waals surface area contributed by atoms with Gasteiger partial charge in [-0.3, -0.25) is 9.59 Å². The fourth-order valence-electron chi connectivity index (χ4n) is 2.62. The molecular weight excluding hydrogens is 305 g/mol. The lowest BCUT2D eigenvalue weighted by Gasteiger charge is -2.22. The number of nitrogens with zero attached hydrogens (tertiary/aromatic N) is 2. The Kier molecular flexibility index (Phi) is 4.60. The number of halogens is 1. The van der Waals surface area contributed by atoms with Crippen LogP contribution in [0.25, 0.3) is 0 Å². The number of carbonyl (C=O) groups excluding carboxylic acids is 2. The molecule has 1 heterocycles. The molecule has 120 valence electrons. The van der Waals surface area contributed by atoms with Crippen LogP contribution >= 0.6 is 0 Å². The van der Waals surface area contributed by atoms with Crippen LogP contribution < -0.4 is 5.32 Å². The fourth-order valence-corrected chi connectivity index (χ4v) is 2.62. The summed E-state index contributed by atoms with van der Waals surface area (Å²) in [5.41, 5.74) is 0.0770. The summed E-state index contributed by atoms with van der Waals surface area (Å²) in [6, 6.07) is 4.73. The maximum atomic E-state index is 13.3. The molecule has 0 radical (unpaired) electrons. The van der Waals surface area contributed by atoms with Gasteiger partial charge in [0.25, 0.3) is 0 Å². The second-order valence-corrected chi connectivity index (χ2v) is 5.24. The Morgan fingerprint density at radius 1 is 1.43 bits per heavy atom. The molecule has 0 aromatic heterocycles. The van der Waals surface area contributed by atoms with E-state index in [0.717, 1.165) is 11.0 Å². The molecule has 1 aliphatic heterocycles. The lowest BCUT2D eigenvalue weighted by atomic mass is 10.0. The van der Waals surface area contributed by atoms with E-state index in [1.165, 1.54) is 12.1 Å². The van der Waals surface area contributed by atoms with Crippen molar-refractivity contribution in [3.05, 3.63) is 29.6 Å². The smallest absolute Gasteiger partial charge is 0.394 e. The van der Waals surface area contributed by atoms with Crippen molar-refractivity contribution in [2.75, 3.05) is 11.9 Å². The van der Waals surface area contributed by atoms with Gasteiger partial charge in [-0.05, 0) is 31.5 Å². The van der Waals surface area contributed by atoms with E-state index in [4.69, 9.17) is 10.4 Å². The van der Waals surface area contributed by atoms with Crippen molar-refractivity contribution in [1.29, 1.82) is 5.26 Å². The number of carbonyl (C=O) groups is 3. The number of benzene rings is 1. The molecule has 1 aliphatic rings. The lowest BCUT2D eigenvalue weighted by Crippen LogP contribution is -2.42. The summed E-state index contributed by atoms with van der Waals surface area (Å²) in [5, 5.41) is 20.1. The van der Waals surface area contributed by atoms with Crippen LogP contribution in [0.4, 0.5) is 10.1 Å². The summed E-state index contributed by atoms with van der Waals surface area (Å²) in [4.78, 5) is 35.7. The van der Waals surface area contributed by atoms with Crippen LogP contribution in [0.1, 0.15) is 18.9 Å². The topological polar surface area (TPSA) is 111 Å². The van der Waals surface area contributed by atoms with Gasteiger partial charge in [-0.15, -0.1) is 0 Å². The minimum Gasteiger partial charge on any atom is -0.474 e. The summed E-state index contributed by atoms with van der Waals surface area (Å²) in [7, 11) is 0. The molecule has 2 N–H and O–H groups in total. The van der Waals surface area contributed by atoms with Crippen molar-refractivity contribution >= 4 is 23.5 Å². The number of amides is 2. The zero-order valence-electron chi connectivity index (χ0n) is 12.2. The monoisotopic (exact) mass is 319 g/mol. The number of likely N-dealkylation sites (tertiary alicyclic amines) is 1. The fraction of sp³-hybridized carbons (Fsp3) is 0.333. The van der Waals surface area contributed by atoms with Crippen LogP contribution in [-0.4, -0.2) is 40.4 Å². The van der Waals surface area contributed by atoms with E-state index < -0.39 is 35.6 Å². The quantitative estimate of drug-likeness (QED) is 0.789. The Morgan fingerprint density at radius 2 is 2.13 bits per heavy atom. The summed E-state index contributed by atoms with van der Waals surface area (Å²) >= 11 is 0. The number of hydrogen-bond acceptors (Lipinski definition) is 4. The van der Waals surface area contributed by atoms with Crippen molar-refractivity contribution < 1.29 is 23.9 Å². The molecule has 1 fully saturated rings. The molecule has 0 spiro atoms. The molecule has 23 heavy (non-hydrogen) atoms. The SMILES string of the molecule is C[C@H]1[C@@H](C(=O)Nc2ccc(F)c(C#N)c2)CCN1C(=O)C(=O)O. The number of nitrogens with one attached hydrogen (secondary N) is 1. The van der Waals surface area contributed by atoms with Crippen LogP contribution in [0.15, 0.2) is 18.2 Å². The molecule has 7 nitrogen and oxygen atoms in total. The van der Waals surface area contributed by atoms with Gasteiger partial charge < -0.3 is 15.3 Å². The summed E-state index contributed by atoms with van der Waals surface area (Å²) < 4.78 is 13.3. The lowest BCUT2D eigenvalue weighted by molar-refractivity contribution is -0.156. The molecular formula is C15H14FN3O4. The van der Waals surface area contributed by atoms with Gasteiger partial charge in [0, 0.05) is 18.3 Å². The average Bonchev–Trinajstić information content (AvgIpc) is 2.89. The largest absolute Gasteiger partial charge is 0.474 e. The van der Waals surface area contributed by atoms with Crippen LogP contribution in [0.3, 0.4) is 0 Å². The molecule has 0 aliphatic carbocycles. The number of carboxylic acid groups (broad SMARTS) is 1. The van der Waals surface area contributed by atoms with Crippen molar-refractivity contribution in [2.45, 2.75) is 19.4 Å². The Labute approximate surface area is 131 Å². The van der Waals surface area contributed by atoms with Gasteiger partial charge in [-0.25, -0.2) is 9.18 Å². The third-order valence-electron chi connectivity index (χ3n) is 3.89. The standard InChI is InChI=1S/C15H14FN3O4/c1-8-11(4-5-19(8)14(21)15(22)23)13(20)18-10-2-3-12(16)9(6-10)7-17/h2-3,6,8,11H,4-5H2,1H3,(H,18,20)(H,22,23)/t8-,11-/m0/s1. The zero-order valence-corrected chi connectivity index (χ0v) is 12.2. The Hall–Kier alpha value is -2.95. The zero-order chi connectivity index (χ0) is 17.1. The second-order valence-electron chi connectivity index (χ2n) is 5.24. The average molecular weight is 319 g/mol. The molecule has 1 saturated heterocycles. The van der Waals surface area contributed by atoms with Gasteiger partial charge in [-0.2, -0.15) is 5.26 Å². The Morgan fingerprint density at radius 3 is 2.74 bits per heavy atom. The van der Waals surface area contributed by atoms with Gasteiger partial charge in [0.1, 0.15) is 11.9 Å². The van der Waals surface area contributed by atoms with Crippen LogP contribution in [0.2, 0.25) is 0 Å². The first-order valence-electron chi connectivity index (χ1n) is 6.89. The van der Waals surface area contributed by atoms with Crippen LogP contribution in [0, 0.1) is 23.1 Å². The van der Waals surface area contributed by atoms with E-state index in [0.29, 0.717) is 6.42 Å². The molecule has 0 bridgehead atoms. The molecule has 2 amide bonds. The van der Waals surface area contributed by atoms with Crippen molar-refractivity contribution in [3.8, 4) is 6.07 Å². The number of aliphatic carboxylic acids is 1. The van der Waals surface area contributed by atoms with Crippen LogP contribution in [0.5, 0.6) is 0 Å². The summed E-state index contributed by atoms with van der Waals surface area (Å²) in [6.07, 6.45) is 0.332. The minimum absolute atomic E-state index is 0.178. The molecule has 0 unspecified atom stereocenters. The highest BCUT2D eigenvalue weighted by atomic mass is 19.1. The Bertz CT molecular complexity index is 713. The maximum Gasteiger partial charge on any atom is 0.394 e. The third kappa shape index (κ3) is 3.29. The summed E-state index contributed by atoms with van der Waals surface area (Å²) in [5.74, 6) is -4.27. The normalized spacial score (nSPS) is 20.0. The Balaban J connectivity index is 2.09. The highest BCUT2D eigenvalue weighted by Crippen LogP contribution is 2.26. The van der Waals surface area contributed by atoms with E-state index >= 15 is 0 Å². The number of nitriles is 1. The molecule has 1 aromatic rings. The third-order valence-corrected chi connectivity index (χ3v) is 3.89. The number of rotatable bonds is 2. The van der Waals surface area contributed by atoms with E-state index in [1.807, 2.05) is 0 Å². The first-order valence-corrected chi connectivity index (χ1v) is 6.89.